The molecule has 0 saturated heterocycles. The van der Waals surface area contributed by atoms with Gasteiger partial charge in [0.2, 0.25) is 0 Å². The molecule has 3 rings (SSSR count). The van der Waals surface area contributed by atoms with Gasteiger partial charge in [-0.15, -0.1) is 0 Å². The van der Waals surface area contributed by atoms with Gasteiger partial charge in [0, 0.05) is 30.9 Å². The van der Waals surface area contributed by atoms with Crippen LogP contribution in [0.2, 0.25) is 0 Å². The predicted octanol–water partition coefficient (Wildman–Crippen LogP) is 3.16. The van der Waals surface area contributed by atoms with Crippen LogP contribution in [-0.4, -0.2) is 24.2 Å². The molecule has 0 aliphatic heterocycles. The van der Waals surface area contributed by atoms with Crippen molar-refractivity contribution >= 4 is 27.5 Å². The van der Waals surface area contributed by atoms with Crippen molar-refractivity contribution in [2.75, 3.05) is 19.0 Å². The van der Waals surface area contributed by atoms with E-state index in [1.165, 1.54) is 0 Å². The van der Waals surface area contributed by atoms with Crippen molar-refractivity contribution in [2.24, 2.45) is 0 Å². The average Bonchev–Trinajstić information content (AvgIpc) is 2.35. The van der Waals surface area contributed by atoms with Crippen LogP contribution in [0.25, 0.3) is 21.8 Å². The van der Waals surface area contributed by atoms with Crippen LogP contribution < -0.4 is 4.90 Å². The first kappa shape index (κ1) is 10.8. The van der Waals surface area contributed by atoms with Gasteiger partial charge >= 0.3 is 0 Å². The standard InChI is InChI=1S/C15H14N2O/c1-17(2)14-5-3-4-11-8-10-6-7-12(18)9-13(10)16-15(11)14/h3-9,18H,1-2H3. The van der Waals surface area contributed by atoms with Gasteiger partial charge in [-0.2, -0.15) is 0 Å². The zero-order chi connectivity index (χ0) is 12.7. The van der Waals surface area contributed by atoms with Crippen molar-refractivity contribution in [3.63, 3.8) is 0 Å². The van der Waals surface area contributed by atoms with Crippen molar-refractivity contribution in [2.45, 2.75) is 0 Å². The van der Waals surface area contributed by atoms with Gasteiger partial charge in [-0.25, -0.2) is 4.98 Å². The second kappa shape index (κ2) is 3.88. The Bertz CT molecular complexity index is 735. The Labute approximate surface area is 105 Å². The number of aromatic nitrogens is 1. The van der Waals surface area contributed by atoms with Crippen LogP contribution in [-0.2, 0) is 0 Å². The van der Waals surface area contributed by atoms with Crippen LogP contribution in [0.3, 0.4) is 0 Å². The van der Waals surface area contributed by atoms with Crippen LogP contribution in [0, 0.1) is 0 Å². The third-order valence-corrected chi connectivity index (χ3v) is 3.09. The molecule has 1 aromatic heterocycles. The molecule has 2 aromatic carbocycles. The summed E-state index contributed by atoms with van der Waals surface area (Å²) in [6, 6.07) is 13.5. The summed E-state index contributed by atoms with van der Waals surface area (Å²) in [5.41, 5.74) is 2.86. The Morgan fingerprint density at radius 1 is 1.00 bits per heavy atom. The minimum absolute atomic E-state index is 0.247. The highest BCUT2D eigenvalue weighted by molar-refractivity contribution is 5.98. The molecule has 0 aliphatic rings. The monoisotopic (exact) mass is 238 g/mol. The lowest BCUT2D eigenvalue weighted by atomic mass is 10.1. The first-order valence-electron chi connectivity index (χ1n) is 5.85. The molecule has 0 atom stereocenters. The molecule has 0 amide bonds. The third-order valence-electron chi connectivity index (χ3n) is 3.09. The molecule has 1 heterocycles. The first-order valence-corrected chi connectivity index (χ1v) is 5.85. The van der Waals surface area contributed by atoms with Crippen LogP contribution in [0.5, 0.6) is 5.75 Å². The Morgan fingerprint density at radius 2 is 1.83 bits per heavy atom. The van der Waals surface area contributed by atoms with Crippen LogP contribution in [0.4, 0.5) is 5.69 Å². The highest BCUT2D eigenvalue weighted by atomic mass is 16.3. The van der Waals surface area contributed by atoms with Gasteiger partial charge in [0.15, 0.2) is 0 Å². The van der Waals surface area contributed by atoms with Crippen molar-refractivity contribution in [3.05, 3.63) is 42.5 Å². The number of hydrogen-bond donors (Lipinski definition) is 1. The number of benzene rings is 2. The van der Waals surface area contributed by atoms with Crippen LogP contribution in [0.1, 0.15) is 0 Å². The van der Waals surface area contributed by atoms with E-state index in [-0.39, 0.29) is 5.75 Å². The van der Waals surface area contributed by atoms with E-state index in [4.69, 9.17) is 0 Å². The predicted molar refractivity (Wildman–Crippen MR) is 75.2 cm³/mol. The number of aromatic hydroxyl groups is 1. The van der Waals surface area contributed by atoms with Gasteiger partial charge in [-0.1, -0.05) is 12.1 Å². The normalized spacial score (nSPS) is 11.0. The van der Waals surface area contributed by atoms with E-state index in [9.17, 15) is 5.11 Å². The lowest BCUT2D eigenvalue weighted by molar-refractivity contribution is 0.476. The summed E-state index contributed by atoms with van der Waals surface area (Å²) >= 11 is 0. The summed E-state index contributed by atoms with van der Waals surface area (Å²) < 4.78 is 0. The smallest absolute Gasteiger partial charge is 0.117 e. The summed E-state index contributed by atoms with van der Waals surface area (Å²) in [5.74, 6) is 0.247. The fourth-order valence-electron chi connectivity index (χ4n) is 2.19. The highest BCUT2D eigenvalue weighted by Gasteiger charge is 2.06. The van der Waals surface area contributed by atoms with Crippen molar-refractivity contribution < 1.29 is 5.11 Å². The average molecular weight is 238 g/mol. The molecule has 0 bridgehead atoms. The molecular weight excluding hydrogens is 224 g/mol. The molecule has 0 fully saturated rings. The minimum Gasteiger partial charge on any atom is -0.508 e. The molecule has 0 radical (unpaired) electrons. The molecule has 0 spiro atoms. The SMILES string of the molecule is CN(C)c1cccc2cc3ccc(O)cc3nc12. The number of nitrogens with zero attached hydrogens (tertiary/aromatic N) is 2. The van der Waals surface area contributed by atoms with E-state index >= 15 is 0 Å². The second-order valence-corrected chi connectivity index (χ2v) is 4.61. The number of hydrogen-bond acceptors (Lipinski definition) is 3. The lowest BCUT2D eigenvalue weighted by Gasteiger charge is -2.15. The van der Waals surface area contributed by atoms with Gasteiger partial charge in [0.25, 0.3) is 0 Å². The molecule has 3 nitrogen and oxygen atoms in total. The highest BCUT2D eigenvalue weighted by Crippen LogP contribution is 2.28. The minimum atomic E-state index is 0.247. The molecule has 1 N–H and O–H groups in total. The maximum atomic E-state index is 9.53. The zero-order valence-corrected chi connectivity index (χ0v) is 10.4. The van der Waals surface area contributed by atoms with Gasteiger partial charge < -0.3 is 10.0 Å². The molecule has 0 saturated carbocycles. The summed E-state index contributed by atoms with van der Waals surface area (Å²) in [4.78, 5) is 6.70. The third kappa shape index (κ3) is 1.64. The molecule has 0 aliphatic carbocycles. The fraction of sp³-hybridized carbons (Fsp3) is 0.133. The van der Waals surface area contributed by atoms with Crippen molar-refractivity contribution in [1.82, 2.24) is 4.98 Å². The van der Waals surface area contributed by atoms with E-state index in [1.54, 1.807) is 12.1 Å². The number of rotatable bonds is 1. The molecule has 0 unspecified atom stereocenters. The summed E-state index contributed by atoms with van der Waals surface area (Å²) in [7, 11) is 4.01. The first-order chi connectivity index (χ1) is 8.65. The molecule has 90 valence electrons. The summed E-state index contributed by atoms with van der Waals surface area (Å²) in [6.45, 7) is 0. The Balaban J connectivity index is 2.42. The molecule has 3 aromatic rings. The number of anilines is 1. The van der Waals surface area contributed by atoms with Crippen LogP contribution in [0.15, 0.2) is 42.5 Å². The largest absolute Gasteiger partial charge is 0.508 e. The Morgan fingerprint density at radius 3 is 2.61 bits per heavy atom. The topological polar surface area (TPSA) is 36.4 Å². The number of phenols is 1. The zero-order valence-electron chi connectivity index (χ0n) is 10.4. The molecule has 18 heavy (non-hydrogen) atoms. The van der Waals surface area contributed by atoms with Gasteiger partial charge in [0.1, 0.15) is 5.75 Å². The maximum Gasteiger partial charge on any atom is 0.117 e. The number of fused-ring (bicyclic) bond motifs is 2. The molecule has 3 heteroatoms. The second-order valence-electron chi connectivity index (χ2n) is 4.61. The van der Waals surface area contributed by atoms with Gasteiger partial charge in [-0.05, 0) is 24.3 Å². The summed E-state index contributed by atoms with van der Waals surface area (Å²) in [5, 5.41) is 11.7. The fourth-order valence-corrected chi connectivity index (χ4v) is 2.19. The van der Waals surface area contributed by atoms with Gasteiger partial charge in [0.05, 0.1) is 16.7 Å². The van der Waals surface area contributed by atoms with E-state index in [1.807, 2.05) is 37.2 Å². The lowest BCUT2D eigenvalue weighted by Crippen LogP contribution is -2.09. The Kier molecular flexibility index (Phi) is 2.33. The van der Waals surface area contributed by atoms with Crippen molar-refractivity contribution in [3.8, 4) is 5.75 Å². The van der Waals surface area contributed by atoms with Crippen molar-refractivity contribution in [1.29, 1.82) is 0 Å². The van der Waals surface area contributed by atoms with E-state index in [0.717, 1.165) is 27.5 Å². The maximum absolute atomic E-state index is 9.53. The van der Waals surface area contributed by atoms with Gasteiger partial charge in [-0.3, -0.25) is 0 Å². The summed E-state index contributed by atoms with van der Waals surface area (Å²) in [6.07, 6.45) is 0. The Hall–Kier alpha value is -2.29. The number of pyridine rings is 1. The number of para-hydroxylation sites is 1. The van der Waals surface area contributed by atoms with E-state index in [0.29, 0.717) is 0 Å². The van der Waals surface area contributed by atoms with E-state index < -0.39 is 0 Å². The number of phenolic OH excluding ortho intramolecular Hbond substituents is 1. The quantitative estimate of drug-likeness (QED) is 0.661. The van der Waals surface area contributed by atoms with E-state index in [2.05, 4.69) is 17.1 Å². The molecular formula is C15H14N2O. The van der Waals surface area contributed by atoms with Crippen LogP contribution >= 0.6 is 0 Å².